The maximum atomic E-state index is 9.19. The van der Waals surface area contributed by atoms with Gasteiger partial charge in [-0.05, 0) is 0 Å². The van der Waals surface area contributed by atoms with Gasteiger partial charge in [0.1, 0.15) is 0 Å². The van der Waals surface area contributed by atoms with Crippen molar-refractivity contribution in [2.24, 2.45) is 0 Å². The van der Waals surface area contributed by atoms with Gasteiger partial charge in [-0.3, -0.25) is 0 Å². The van der Waals surface area contributed by atoms with Crippen LogP contribution < -0.4 is 5.30 Å². The molecule has 3 nitrogen and oxygen atoms in total. The molecule has 0 fully saturated rings. The molecule has 0 heterocycles. The van der Waals surface area contributed by atoms with Crippen LogP contribution in [0.1, 0.15) is 24.0 Å². The summed E-state index contributed by atoms with van der Waals surface area (Å²) in [7, 11) is -4.17. The van der Waals surface area contributed by atoms with Crippen LogP contribution in [0.25, 0.3) is 0 Å². The summed E-state index contributed by atoms with van der Waals surface area (Å²) in [4.78, 5) is 27.6. The van der Waals surface area contributed by atoms with Gasteiger partial charge in [-0.25, -0.2) is 0 Å². The van der Waals surface area contributed by atoms with Crippen LogP contribution in [-0.4, -0.2) is 14.7 Å². The minimum atomic E-state index is -4.17. The molecule has 3 N–H and O–H groups in total. The zero-order valence-electron chi connectivity index (χ0n) is 10.1. The zero-order chi connectivity index (χ0) is 13.2. The summed E-state index contributed by atoms with van der Waals surface area (Å²) in [5, 5.41) is 0.200. The van der Waals surface area contributed by atoms with Gasteiger partial charge < -0.3 is 0 Å². The predicted molar refractivity (Wildman–Crippen MR) is 75.0 cm³/mol. The van der Waals surface area contributed by atoms with E-state index in [1.165, 1.54) is 5.56 Å². The maximum absolute atomic E-state index is 9.19. The molecule has 1 unspecified atom stereocenters. The predicted octanol–water partition coefficient (Wildman–Crippen LogP) is 1.94. The second-order valence-corrected chi connectivity index (χ2v) is 6.24. The Morgan fingerprint density at radius 2 is 1.28 bits per heavy atom. The fraction of sp³-hybridized carbons (Fsp3) is 0.143. The van der Waals surface area contributed by atoms with E-state index in [1.54, 1.807) is 12.1 Å². The minimum absolute atomic E-state index is 0.200. The number of hydrogen-bond acceptors (Lipinski definition) is 3. The summed E-state index contributed by atoms with van der Waals surface area (Å²) in [6.45, 7) is 2.09. The third-order valence-corrected chi connectivity index (χ3v) is 4.21. The first-order chi connectivity index (χ1) is 8.48. The molecule has 0 aliphatic rings. The number of hydrogen-bond donors (Lipinski definition) is 3. The van der Waals surface area contributed by atoms with Crippen molar-refractivity contribution in [2.75, 3.05) is 0 Å². The van der Waals surface area contributed by atoms with Crippen molar-refractivity contribution >= 4 is 13.2 Å². The van der Waals surface area contributed by atoms with E-state index in [9.17, 15) is 14.7 Å². The summed E-state index contributed by atoms with van der Waals surface area (Å²) in [5.74, 6) is 0.229. The van der Waals surface area contributed by atoms with Gasteiger partial charge in [0.15, 0.2) is 0 Å². The second kappa shape index (κ2) is 5.17. The summed E-state index contributed by atoms with van der Waals surface area (Å²) < 4.78 is 0. The first-order valence-corrected chi connectivity index (χ1v) is 7.65. The molecule has 2 aromatic rings. The molecule has 0 amide bonds. The molecule has 0 saturated heterocycles. The molecule has 0 aliphatic carbocycles. The molecular formula is C14H17O3P. The van der Waals surface area contributed by atoms with Crippen molar-refractivity contribution in [3.8, 4) is 0 Å². The molecule has 2 aromatic carbocycles. The Morgan fingerprint density at radius 1 is 0.778 bits per heavy atom. The molecule has 0 saturated carbocycles. The summed E-state index contributed by atoms with van der Waals surface area (Å²) in [5.41, 5.74) is 2.27. The summed E-state index contributed by atoms with van der Waals surface area (Å²) in [6, 6.07) is 16.9. The van der Waals surface area contributed by atoms with Crippen LogP contribution in [0.4, 0.5) is 0 Å². The first kappa shape index (κ1) is 13.2. The average molecular weight is 264 g/mol. The standard InChI is InChI=1S/C14H17O3P/c1-11(12-5-3-2-4-6-12)13-7-9-14(10-8-13)18(15,16)17/h2-11,15-18H,1H3. The molecule has 0 aliphatic heterocycles. The van der Waals surface area contributed by atoms with E-state index in [-0.39, 0.29) is 11.2 Å². The van der Waals surface area contributed by atoms with Crippen LogP contribution in [0.2, 0.25) is 0 Å². The molecule has 4 heteroatoms. The van der Waals surface area contributed by atoms with Gasteiger partial charge in [0.05, 0.1) is 0 Å². The van der Waals surface area contributed by atoms with Crippen LogP contribution in [0, 0.1) is 0 Å². The van der Waals surface area contributed by atoms with Crippen LogP contribution in [0.3, 0.4) is 0 Å². The molecule has 18 heavy (non-hydrogen) atoms. The van der Waals surface area contributed by atoms with E-state index in [2.05, 4.69) is 19.1 Å². The molecule has 0 spiro atoms. The molecule has 0 radical (unpaired) electrons. The average Bonchev–Trinajstić information content (AvgIpc) is 2.38. The quantitative estimate of drug-likeness (QED) is 0.742. The fourth-order valence-electron chi connectivity index (χ4n) is 1.93. The summed E-state index contributed by atoms with van der Waals surface area (Å²) >= 11 is 0. The Morgan fingerprint density at radius 3 is 1.78 bits per heavy atom. The summed E-state index contributed by atoms with van der Waals surface area (Å²) in [6.07, 6.45) is 0. The van der Waals surface area contributed by atoms with Gasteiger partial charge in [0.25, 0.3) is 0 Å². The van der Waals surface area contributed by atoms with E-state index >= 15 is 0 Å². The van der Waals surface area contributed by atoms with Crippen molar-refractivity contribution in [3.63, 3.8) is 0 Å². The van der Waals surface area contributed by atoms with E-state index < -0.39 is 7.94 Å². The van der Waals surface area contributed by atoms with Gasteiger partial charge in [-0.2, -0.15) is 0 Å². The Labute approximate surface area is 107 Å². The van der Waals surface area contributed by atoms with Gasteiger partial charge >= 0.3 is 106 Å². The van der Waals surface area contributed by atoms with E-state index in [1.807, 2.05) is 30.3 Å². The van der Waals surface area contributed by atoms with Gasteiger partial charge in [-0.1, -0.05) is 0 Å². The Kier molecular flexibility index (Phi) is 3.79. The fourth-order valence-corrected chi connectivity index (χ4v) is 2.54. The Bertz CT molecular complexity index is 503. The van der Waals surface area contributed by atoms with Crippen LogP contribution >= 0.6 is 7.94 Å². The zero-order valence-corrected chi connectivity index (χ0v) is 11.1. The SMILES string of the molecule is CC(c1ccccc1)c1ccc([PH](O)(O)O)cc1. The van der Waals surface area contributed by atoms with Crippen LogP contribution in [0.15, 0.2) is 54.6 Å². The molecule has 0 bridgehead atoms. The van der Waals surface area contributed by atoms with Crippen molar-refractivity contribution in [1.29, 1.82) is 0 Å². The van der Waals surface area contributed by atoms with Gasteiger partial charge in [0.2, 0.25) is 0 Å². The van der Waals surface area contributed by atoms with Crippen LogP contribution in [-0.2, 0) is 0 Å². The van der Waals surface area contributed by atoms with Crippen LogP contribution in [0.5, 0.6) is 0 Å². The van der Waals surface area contributed by atoms with Crippen molar-refractivity contribution in [3.05, 3.63) is 65.7 Å². The van der Waals surface area contributed by atoms with E-state index in [0.29, 0.717) is 0 Å². The number of benzene rings is 2. The van der Waals surface area contributed by atoms with E-state index in [0.717, 1.165) is 5.56 Å². The normalized spacial score (nSPS) is 14.2. The third kappa shape index (κ3) is 2.95. The molecular weight excluding hydrogens is 247 g/mol. The first-order valence-electron chi connectivity index (χ1n) is 5.81. The van der Waals surface area contributed by atoms with Crippen molar-refractivity contribution < 1.29 is 14.7 Å². The van der Waals surface area contributed by atoms with Gasteiger partial charge in [-0.15, -0.1) is 0 Å². The van der Waals surface area contributed by atoms with E-state index in [4.69, 9.17) is 0 Å². The Hall–Kier alpha value is -1.25. The Balaban J connectivity index is 2.25. The molecule has 0 aromatic heterocycles. The topological polar surface area (TPSA) is 60.7 Å². The number of rotatable bonds is 3. The van der Waals surface area contributed by atoms with Gasteiger partial charge in [0, 0.05) is 0 Å². The third-order valence-electron chi connectivity index (χ3n) is 3.10. The van der Waals surface area contributed by atoms with Crippen molar-refractivity contribution in [1.82, 2.24) is 0 Å². The molecule has 2 rings (SSSR count). The molecule has 1 atom stereocenters. The monoisotopic (exact) mass is 264 g/mol. The second-order valence-electron chi connectivity index (χ2n) is 4.39. The molecule has 96 valence electrons. The van der Waals surface area contributed by atoms with Crippen molar-refractivity contribution in [2.45, 2.75) is 12.8 Å².